The van der Waals surface area contributed by atoms with Crippen LogP contribution in [0.15, 0.2) is 83.8 Å². The van der Waals surface area contributed by atoms with E-state index in [9.17, 15) is 13.2 Å². The minimum atomic E-state index is -3.85. The molecule has 1 N–H and O–H groups in total. The molecule has 0 fully saturated rings. The Kier molecular flexibility index (Phi) is 10.6. The first-order chi connectivity index (χ1) is 21.6. The normalized spacial score (nSPS) is 12.0. The molecule has 9 heteroatoms. The molecule has 7 nitrogen and oxygen atoms in total. The van der Waals surface area contributed by atoms with Crippen molar-refractivity contribution in [1.29, 1.82) is 0 Å². The molecule has 244 valence electrons. The average molecular weight is 647 g/mol. The number of carbonyl (C=O) groups excluding carboxylic acids is 1. The van der Waals surface area contributed by atoms with Crippen LogP contribution in [-0.2, 0) is 15.4 Å². The van der Waals surface area contributed by atoms with Crippen LogP contribution in [0.4, 0.5) is 10.1 Å². The molecule has 0 spiro atoms. The lowest BCUT2D eigenvalue weighted by Crippen LogP contribution is -2.30. The van der Waals surface area contributed by atoms with Crippen molar-refractivity contribution in [2.75, 3.05) is 18.4 Å². The van der Waals surface area contributed by atoms with Gasteiger partial charge in [0.05, 0.1) is 10.6 Å². The molecule has 0 aliphatic carbocycles. The molecular weight excluding hydrogens is 603 g/mol. The molecule has 4 aromatic rings. The van der Waals surface area contributed by atoms with E-state index in [1.165, 1.54) is 34.6 Å². The van der Waals surface area contributed by atoms with Crippen LogP contribution < -0.4 is 14.8 Å². The Hall–Kier alpha value is -4.21. The van der Waals surface area contributed by atoms with Crippen LogP contribution in [0.3, 0.4) is 0 Å². The Bertz CT molecular complexity index is 1810. The second-order valence-corrected chi connectivity index (χ2v) is 14.5. The summed E-state index contributed by atoms with van der Waals surface area (Å²) in [5.41, 5.74) is 3.17. The third kappa shape index (κ3) is 7.95. The monoisotopic (exact) mass is 646 g/mol. The molecule has 0 aliphatic rings. The summed E-state index contributed by atoms with van der Waals surface area (Å²) in [4.78, 5) is 13.5. The molecule has 46 heavy (non-hydrogen) atoms. The van der Waals surface area contributed by atoms with Crippen molar-refractivity contribution in [2.45, 2.75) is 71.6 Å². The fourth-order valence-electron chi connectivity index (χ4n) is 4.96. The van der Waals surface area contributed by atoms with E-state index < -0.39 is 21.7 Å². The number of hydrogen-bond acceptors (Lipinski definition) is 5. The van der Waals surface area contributed by atoms with Gasteiger partial charge in [-0.3, -0.25) is 4.79 Å². The highest BCUT2D eigenvalue weighted by molar-refractivity contribution is 7.89. The number of anilines is 1. The van der Waals surface area contributed by atoms with Gasteiger partial charge in [0.15, 0.2) is 17.3 Å². The summed E-state index contributed by atoms with van der Waals surface area (Å²) in [7, 11) is -3.85. The van der Waals surface area contributed by atoms with Gasteiger partial charge in [-0.25, -0.2) is 12.8 Å². The van der Waals surface area contributed by atoms with E-state index in [4.69, 9.17) is 9.47 Å². The topological polar surface area (TPSA) is 84.9 Å². The van der Waals surface area contributed by atoms with Crippen LogP contribution in [0.1, 0.15) is 81.4 Å². The highest BCUT2D eigenvalue weighted by Crippen LogP contribution is 2.37. The maximum absolute atomic E-state index is 15.2. The molecule has 0 bridgehead atoms. The van der Waals surface area contributed by atoms with Crippen molar-refractivity contribution < 1.29 is 27.1 Å². The number of rotatable bonds is 11. The Morgan fingerprint density at radius 1 is 0.848 bits per heavy atom. The average Bonchev–Trinajstić information content (AvgIpc) is 2.99. The molecule has 0 unspecified atom stereocenters. The summed E-state index contributed by atoms with van der Waals surface area (Å²) >= 11 is 0. The maximum Gasteiger partial charge on any atom is 0.255 e. The number of amides is 1. The number of ether oxygens (including phenoxy) is 2. The number of nitrogens with zero attached hydrogens (tertiary/aromatic N) is 1. The molecule has 4 rings (SSSR count). The van der Waals surface area contributed by atoms with E-state index in [0.717, 1.165) is 22.8 Å². The van der Waals surface area contributed by atoms with Gasteiger partial charge in [0.1, 0.15) is 11.5 Å². The molecule has 0 aromatic heterocycles. The second kappa shape index (κ2) is 14.1. The maximum atomic E-state index is 15.2. The molecule has 0 atom stereocenters. The SMILES string of the molecule is CCN(CC)S(=O)(=O)c1ccc(Oc2cc(C)ccc2C(C)C)c(NC(=O)c2ccc(Oc3ccc(C(C)(C)C)cc3)c(F)c2)c1. The first-order valence-electron chi connectivity index (χ1n) is 15.5. The Labute approximate surface area is 272 Å². The van der Waals surface area contributed by atoms with Crippen molar-refractivity contribution in [2.24, 2.45) is 0 Å². The van der Waals surface area contributed by atoms with E-state index in [2.05, 4.69) is 26.1 Å². The van der Waals surface area contributed by atoms with Crippen LogP contribution >= 0.6 is 0 Å². The lowest BCUT2D eigenvalue weighted by atomic mass is 9.87. The number of sulfonamides is 1. The van der Waals surface area contributed by atoms with Crippen molar-refractivity contribution in [3.8, 4) is 23.0 Å². The number of carbonyl (C=O) groups is 1. The summed E-state index contributed by atoms with van der Waals surface area (Å²) in [5, 5.41) is 2.76. The van der Waals surface area contributed by atoms with Gasteiger partial charge >= 0.3 is 0 Å². The van der Waals surface area contributed by atoms with E-state index in [1.807, 2.05) is 51.1 Å². The second-order valence-electron chi connectivity index (χ2n) is 12.5. The lowest BCUT2D eigenvalue weighted by Gasteiger charge is -2.21. The van der Waals surface area contributed by atoms with Crippen LogP contribution in [0.25, 0.3) is 0 Å². The standard InChI is InChI=1S/C37H43FN2O5S/c1-9-40(10-2)46(42,43)29-17-20-34(45-35-21-25(5)11-18-30(35)24(3)4)32(23-29)39-36(41)26-12-19-33(31(38)22-26)44-28-15-13-27(14-16-28)37(6,7)8/h11-24H,9-10H2,1-8H3,(H,39,41). The molecule has 0 heterocycles. The Balaban J connectivity index is 1.66. The molecule has 4 aromatic carbocycles. The van der Waals surface area contributed by atoms with Gasteiger partial charge in [-0.05, 0) is 89.5 Å². The zero-order valence-electron chi connectivity index (χ0n) is 27.8. The fourth-order valence-corrected chi connectivity index (χ4v) is 6.45. The highest BCUT2D eigenvalue weighted by atomic mass is 32.2. The summed E-state index contributed by atoms with van der Waals surface area (Å²) in [6, 6.07) is 21.6. The van der Waals surface area contributed by atoms with Crippen molar-refractivity contribution in [3.63, 3.8) is 0 Å². The van der Waals surface area contributed by atoms with Crippen LogP contribution in [0.5, 0.6) is 23.0 Å². The molecule has 1 amide bonds. The summed E-state index contributed by atoms with van der Waals surface area (Å²) in [6.45, 7) is 16.4. The first-order valence-corrected chi connectivity index (χ1v) is 16.9. The van der Waals surface area contributed by atoms with Crippen LogP contribution in [0.2, 0.25) is 0 Å². The van der Waals surface area contributed by atoms with E-state index in [1.54, 1.807) is 26.0 Å². The van der Waals surface area contributed by atoms with E-state index >= 15 is 4.39 Å². The van der Waals surface area contributed by atoms with Gasteiger partial charge in [0, 0.05) is 18.7 Å². The van der Waals surface area contributed by atoms with Gasteiger partial charge in [-0.1, -0.05) is 72.7 Å². The van der Waals surface area contributed by atoms with Gasteiger partial charge in [-0.15, -0.1) is 0 Å². The minimum Gasteiger partial charge on any atom is -0.455 e. The zero-order valence-corrected chi connectivity index (χ0v) is 28.6. The molecule has 0 radical (unpaired) electrons. The summed E-state index contributed by atoms with van der Waals surface area (Å²) in [6.07, 6.45) is 0. The van der Waals surface area contributed by atoms with Crippen molar-refractivity contribution >= 4 is 21.6 Å². The van der Waals surface area contributed by atoms with Crippen LogP contribution in [-0.4, -0.2) is 31.7 Å². The number of nitrogens with one attached hydrogen (secondary N) is 1. The van der Waals surface area contributed by atoms with Gasteiger partial charge in [-0.2, -0.15) is 4.31 Å². The number of halogens is 1. The third-order valence-electron chi connectivity index (χ3n) is 7.70. The van der Waals surface area contributed by atoms with E-state index in [-0.39, 0.29) is 52.1 Å². The lowest BCUT2D eigenvalue weighted by molar-refractivity contribution is 0.102. The van der Waals surface area contributed by atoms with Gasteiger partial charge in [0.2, 0.25) is 10.0 Å². The smallest absolute Gasteiger partial charge is 0.255 e. The van der Waals surface area contributed by atoms with Gasteiger partial charge < -0.3 is 14.8 Å². The number of hydrogen-bond donors (Lipinski definition) is 1. The molecule has 0 saturated heterocycles. The number of aryl methyl sites for hydroxylation is 1. The summed E-state index contributed by atoms with van der Waals surface area (Å²) < 4.78 is 55.3. The van der Waals surface area contributed by atoms with E-state index in [0.29, 0.717) is 11.5 Å². The van der Waals surface area contributed by atoms with Crippen LogP contribution in [0, 0.1) is 12.7 Å². The Morgan fingerprint density at radius 3 is 2.09 bits per heavy atom. The largest absolute Gasteiger partial charge is 0.455 e. The predicted molar refractivity (Wildman–Crippen MR) is 181 cm³/mol. The quantitative estimate of drug-likeness (QED) is 0.176. The third-order valence-corrected chi connectivity index (χ3v) is 9.74. The summed E-state index contributed by atoms with van der Waals surface area (Å²) in [5.74, 6) is 0.0624. The zero-order chi connectivity index (χ0) is 33.8. The fraction of sp³-hybridized carbons (Fsp3) is 0.324. The predicted octanol–water partition coefficient (Wildman–Crippen LogP) is 9.42. The number of benzene rings is 4. The molecule has 0 aliphatic heterocycles. The molecular formula is C37H43FN2O5S. The molecule has 0 saturated carbocycles. The first kappa shape index (κ1) is 34.7. The minimum absolute atomic E-state index is 0.000386. The Morgan fingerprint density at radius 2 is 1.50 bits per heavy atom. The van der Waals surface area contributed by atoms with Crippen molar-refractivity contribution in [1.82, 2.24) is 4.31 Å². The van der Waals surface area contributed by atoms with Gasteiger partial charge in [0.25, 0.3) is 5.91 Å². The highest BCUT2D eigenvalue weighted by Gasteiger charge is 2.24. The van der Waals surface area contributed by atoms with Crippen molar-refractivity contribution in [3.05, 3.63) is 107 Å².